The van der Waals surface area contributed by atoms with Gasteiger partial charge in [-0.2, -0.15) is 0 Å². The number of nitrogens with one attached hydrogen (secondary N) is 2. The topological polar surface area (TPSA) is 56.7 Å². The van der Waals surface area contributed by atoms with Gasteiger partial charge in [-0.05, 0) is 30.7 Å². The maximum Gasteiger partial charge on any atom is 0.216 e. The third-order valence-corrected chi connectivity index (χ3v) is 4.51. The number of likely N-dealkylation sites (tertiary alicyclic amines) is 1. The lowest BCUT2D eigenvalue weighted by Crippen LogP contribution is -2.48. The van der Waals surface area contributed by atoms with Crippen LogP contribution >= 0.6 is 24.0 Å². The van der Waals surface area contributed by atoms with E-state index in [9.17, 15) is 4.79 Å². The number of carbonyl (C=O) groups excluding carboxylic acids is 1. The van der Waals surface area contributed by atoms with E-state index in [1.165, 1.54) is 12.5 Å². The van der Waals surface area contributed by atoms with Gasteiger partial charge in [0.15, 0.2) is 5.96 Å². The Morgan fingerprint density at radius 3 is 2.60 bits per heavy atom. The third-order valence-electron chi connectivity index (χ3n) is 4.51. The van der Waals surface area contributed by atoms with Gasteiger partial charge in [0.25, 0.3) is 0 Å². The molecule has 1 aliphatic rings. The van der Waals surface area contributed by atoms with Crippen molar-refractivity contribution in [3.8, 4) is 0 Å². The maximum atomic E-state index is 10.9. The van der Waals surface area contributed by atoms with Crippen molar-refractivity contribution in [2.24, 2.45) is 10.9 Å². The Morgan fingerprint density at radius 1 is 1.28 bits per heavy atom. The zero-order valence-corrected chi connectivity index (χ0v) is 17.8. The highest BCUT2D eigenvalue weighted by Gasteiger charge is 2.28. The number of hydrogen-bond acceptors (Lipinski definition) is 2. The Kier molecular flexibility index (Phi) is 9.85. The molecule has 25 heavy (non-hydrogen) atoms. The molecule has 0 aromatic heterocycles. The van der Waals surface area contributed by atoms with Gasteiger partial charge in [0.05, 0.1) is 6.54 Å². The second-order valence-electron chi connectivity index (χ2n) is 6.45. The second-order valence-corrected chi connectivity index (χ2v) is 6.45. The van der Waals surface area contributed by atoms with Crippen molar-refractivity contribution in [3.05, 3.63) is 35.9 Å². The molecule has 1 heterocycles. The lowest BCUT2D eigenvalue weighted by atomic mass is 9.82. The zero-order valence-electron chi connectivity index (χ0n) is 15.5. The molecule has 1 fully saturated rings. The van der Waals surface area contributed by atoms with Crippen LogP contribution in [0.25, 0.3) is 0 Å². The molecular formula is C19H31IN4O. The van der Waals surface area contributed by atoms with E-state index in [2.05, 4.69) is 64.7 Å². The molecule has 0 spiro atoms. The molecule has 2 rings (SSSR count). The SMILES string of the molecule is CCNC(=NCCNC(C)=O)N1CCC(c2ccccc2)C(C)C1.I. The Morgan fingerprint density at radius 2 is 2.00 bits per heavy atom. The summed E-state index contributed by atoms with van der Waals surface area (Å²) < 4.78 is 0. The van der Waals surface area contributed by atoms with Crippen molar-refractivity contribution in [2.75, 3.05) is 32.7 Å². The van der Waals surface area contributed by atoms with Gasteiger partial charge in [0, 0.05) is 33.1 Å². The van der Waals surface area contributed by atoms with Gasteiger partial charge in [-0.25, -0.2) is 0 Å². The van der Waals surface area contributed by atoms with E-state index in [4.69, 9.17) is 0 Å². The average Bonchev–Trinajstić information content (AvgIpc) is 2.58. The third kappa shape index (κ3) is 6.84. The van der Waals surface area contributed by atoms with E-state index >= 15 is 0 Å². The molecule has 6 heteroatoms. The molecule has 0 radical (unpaired) electrons. The van der Waals surface area contributed by atoms with E-state index in [-0.39, 0.29) is 29.9 Å². The van der Waals surface area contributed by atoms with Gasteiger partial charge in [0.2, 0.25) is 5.91 Å². The van der Waals surface area contributed by atoms with Gasteiger partial charge in [0.1, 0.15) is 0 Å². The quantitative estimate of drug-likeness (QED) is 0.309. The van der Waals surface area contributed by atoms with E-state index < -0.39 is 0 Å². The lowest BCUT2D eigenvalue weighted by Gasteiger charge is -2.39. The maximum absolute atomic E-state index is 10.9. The summed E-state index contributed by atoms with van der Waals surface area (Å²) in [6.45, 7) is 10.0. The molecule has 140 valence electrons. The fourth-order valence-electron chi connectivity index (χ4n) is 3.35. The highest BCUT2D eigenvalue weighted by molar-refractivity contribution is 14.0. The van der Waals surface area contributed by atoms with Crippen molar-refractivity contribution in [3.63, 3.8) is 0 Å². The van der Waals surface area contributed by atoms with E-state index in [0.717, 1.165) is 32.0 Å². The van der Waals surface area contributed by atoms with Crippen molar-refractivity contribution in [1.82, 2.24) is 15.5 Å². The monoisotopic (exact) mass is 458 g/mol. The molecule has 2 atom stereocenters. The Hall–Kier alpha value is -1.31. The first-order valence-electron chi connectivity index (χ1n) is 8.94. The van der Waals surface area contributed by atoms with Crippen molar-refractivity contribution in [2.45, 2.75) is 33.1 Å². The van der Waals surface area contributed by atoms with Crippen LogP contribution in [0.4, 0.5) is 0 Å². The largest absolute Gasteiger partial charge is 0.357 e. The summed E-state index contributed by atoms with van der Waals surface area (Å²) >= 11 is 0. The van der Waals surface area contributed by atoms with Gasteiger partial charge < -0.3 is 15.5 Å². The number of hydrogen-bond donors (Lipinski definition) is 2. The summed E-state index contributed by atoms with van der Waals surface area (Å²) in [4.78, 5) is 18.0. The summed E-state index contributed by atoms with van der Waals surface area (Å²) in [6.07, 6.45) is 1.14. The number of benzene rings is 1. The first kappa shape index (κ1) is 21.7. The number of piperidine rings is 1. The molecule has 5 nitrogen and oxygen atoms in total. The van der Waals surface area contributed by atoms with Gasteiger partial charge in [-0.15, -0.1) is 24.0 Å². The zero-order chi connectivity index (χ0) is 17.4. The molecule has 2 unspecified atom stereocenters. The summed E-state index contributed by atoms with van der Waals surface area (Å²) in [5, 5.41) is 6.17. The fraction of sp³-hybridized carbons (Fsp3) is 0.579. The molecule has 1 aromatic rings. The molecule has 1 amide bonds. The Bertz CT molecular complexity index is 550. The Labute approximate surface area is 168 Å². The minimum absolute atomic E-state index is 0. The number of amides is 1. The number of rotatable bonds is 5. The van der Waals surface area contributed by atoms with Crippen LogP contribution in [0.1, 0.15) is 38.7 Å². The molecule has 0 aliphatic carbocycles. The molecule has 1 aliphatic heterocycles. The van der Waals surface area contributed by atoms with Gasteiger partial charge >= 0.3 is 0 Å². The second kappa shape index (κ2) is 11.3. The molecule has 2 N–H and O–H groups in total. The van der Waals surface area contributed by atoms with Crippen LogP contribution in [0.5, 0.6) is 0 Å². The van der Waals surface area contributed by atoms with Crippen molar-refractivity contribution in [1.29, 1.82) is 0 Å². The Balaban J connectivity index is 0.00000312. The van der Waals surface area contributed by atoms with Crippen LogP contribution in [-0.4, -0.2) is 49.5 Å². The molecule has 0 saturated carbocycles. The lowest BCUT2D eigenvalue weighted by molar-refractivity contribution is -0.118. The summed E-state index contributed by atoms with van der Waals surface area (Å²) in [5.74, 6) is 2.15. The van der Waals surface area contributed by atoms with Crippen LogP contribution in [0.3, 0.4) is 0 Å². The summed E-state index contributed by atoms with van der Waals surface area (Å²) in [5.41, 5.74) is 1.44. The normalized spacial score (nSPS) is 20.6. The number of guanidine groups is 1. The standard InChI is InChI=1S/C19H30N4O.HI/c1-4-20-19(22-12-11-21-16(3)24)23-13-10-18(15(2)14-23)17-8-6-5-7-9-17;/h5-9,15,18H,4,10-14H2,1-3H3,(H,20,22)(H,21,24);1H. The molecule has 1 aromatic carbocycles. The number of aliphatic imine (C=N–C) groups is 1. The van der Waals surface area contributed by atoms with Crippen LogP contribution in [-0.2, 0) is 4.79 Å². The minimum Gasteiger partial charge on any atom is -0.357 e. The predicted octanol–water partition coefficient (Wildman–Crippen LogP) is 2.83. The first-order valence-corrected chi connectivity index (χ1v) is 8.94. The average molecular weight is 458 g/mol. The molecule has 1 saturated heterocycles. The van der Waals surface area contributed by atoms with Crippen molar-refractivity contribution >= 4 is 35.8 Å². The van der Waals surface area contributed by atoms with Crippen LogP contribution in [0.15, 0.2) is 35.3 Å². The minimum atomic E-state index is -0.00695. The van der Waals surface area contributed by atoms with Crippen molar-refractivity contribution < 1.29 is 4.79 Å². The van der Waals surface area contributed by atoms with Crippen LogP contribution < -0.4 is 10.6 Å². The number of nitrogens with zero attached hydrogens (tertiary/aromatic N) is 2. The van der Waals surface area contributed by atoms with E-state index in [1.807, 2.05) is 0 Å². The summed E-state index contributed by atoms with van der Waals surface area (Å²) in [7, 11) is 0. The fourth-order valence-corrected chi connectivity index (χ4v) is 3.35. The van der Waals surface area contributed by atoms with Crippen LogP contribution in [0, 0.1) is 5.92 Å². The predicted molar refractivity (Wildman–Crippen MR) is 115 cm³/mol. The van der Waals surface area contributed by atoms with Gasteiger partial charge in [-0.3, -0.25) is 9.79 Å². The van der Waals surface area contributed by atoms with Gasteiger partial charge in [-0.1, -0.05) is 37.3 Å². The number of halogens is 1. The van der Waals surface area contributed by atoms with E-state index in [0.29, 0.717) is 24.9 Å². The van der Waals surface area contributed by atoms with E-state index in [1.54, 1.807) is 0 Å². The van der Waals surface area contributed by atoms with Crippen LogP contribution in [0.2, 0.25) is 0 Å². The smallest absolute Gasteiger partial charge is 0.216 e. The summed E-state index contributed by atoms with van der Waals surface area (Å²) in [6, 6.07) is 10.8. The number of carbonyl (C=O) groups is 1. The molecular weight excluding hydrogens is 427 g/mol. The molecule has 0 bridgehead atoms. The first-order chi connectivity index (χ1) is 11.6. The highest BCUT2D eigenvalue weighted by Crippen LogP contribution is 2.32. The highest BCUT2D eigenvalue weighted by atomic mass is 127.